The fourth-order valence-electron chi connectivity index (χ4n) is 3.25. The lowest BCUT2D eigenvalue weighted by Crippen LogP contribution is -1.97. The monoisotopic (exact) mass is 290 g/mol. The Morgan fingerprint density at radius 3 is 1.18 bits per heavy atom. The zero-order valence-corrected chi connectivity index (χ0v) is 12.4. The molecule has 0 aromatic heterocycles. The lowest BCUT2D eigenvalue weighted by Gasteiger charge is -2.16. The van der Waals surface area contributed by atoms with Crippen molar-refractivity contribution in [2.24, 2.45) is 0 Å². The smallest absolute Gasteiger partial charge is 0.120 e. The van der Waals surface area contributed by atoms with Crippen molar-refractivity contribution in [2.45, 2.75) is 25.7 Å². The van der Waals surface area contributed by atoms with Crippen molar-refractivity contribution in [2.75, 3.05) is 0 Å². The van der Waals surface area contributed by atoms with Gasteiger partial charge in [0.2, 0.25) is 0 Å². The lowest BCUT2D eigenvalue weighted by atomic mass is 9.88. The summed E-state index contributed by atoms with van der Waals surface area (Å²) in [4.78, 5) is 21.6. The molecule has 110 valence electrons. The first-order chi connectivity index (χ1) is 10.9. The highest BCUT2D eigenvalue weighted by Gasteiger charge is 2.12. The van der Waals surface area contributed by atoms with Gasteiger partial charge in [-0.25, -0.2) is 0 Å². The van der Waals surface area contributed by atoms with Crippen molar-refractivity contribution in [1.82, 2.24) is 0 Å². The number of carbonyl (C=O) groups is 2. The molecule has 2 nitrogen and oxygen atoms in total. The largest absolute Gasteiger partial charge is 0.303 e. The molecule has 0 spiro atoms. The van der Waals surface area contributed by atoms with E-state index in [-0.39, 0.29) is 0 Å². The van der Waals surface area contributed by atoms with Gasteiger partial charge in [0.25, 0.3) is 0 Å². The first kappa shape index (κ1) is 14.5. The molecule has 22 heavy (non-hydrogen) atoms. The predicted molar refractivity (Wildman–Crippen MR) is 90.2 cm³/mol. The van der Waals surface area contributed by atoms with Crippen LogP contribution in [0.4, 0.5) is 0 Å². The molecule has 3 aromatic carbocycles. The fraction of sp³-hybridized carbons (Fsp3) is 0.200. The molecule has 0 amide bonds. The molecule has 0 aliphatic heterocycles. The van der Waals surface area contributed by atoms with E-state index >= 15 is 0 Å². The Morgan fingerprint density at radius 2 is 0.909 bits per heavy atom. The van der Waals surface area contributed by atoms with Crippen LogP contribution < -0.4 is 0 Å². The Balaban J connectivity index is 2.36. The van der Waals surface area contributed by atoms with Crippen molar-refractivity contribution in [3.05, 3.63) is 59.7 Å². The Kier molecular flexibility index (Phi) is 4.29. The van der Waals surface area contributed by atoms with E-state index in [1.807, 2.05) is 24.3 Å². The molecular weight excluding hydrogens is 272 g/mol. The maximum Gasteiger partial charge on any atom is 0.120 e. The van der Waals surface area contributed by atoms with Crippen molar-refractivity contribution in [3.8, 4) is 0 Å². The third kappa shape index (κ3) is 2.52. The highest BCUT2D eigenvalue weighted by Crippen LogP contribution is 2.34. The van der Waals surface area contributed by atoms with E-state index in [1.165, 1.54) is 32.7 Å². The molecule has 0 heterocycles. The molecule has 0 saturated carbocycles. The molecule has 2 heteroatoms. The van der Waals surface area contributed by atoms with Crippen LogP contribution in [0.1, 0.15) is 24.0 Å². The van der Waals surface area contributed by atoms with E-state index in [2.05, 4.69) is 24.3 Å². The lowest BCUT2D eigenvalue weighted by molar-refractivity contribution is -0.108. The minimum absolute atomic E-state index is 0.529. The van der Waals surface area contributed by atoms with Crippen molar-refractivity contribution in [3.63, 3.8) is 0 Å². The number of hydrogen-bond acceptors (Lipinski definition) is 2. The van der Waals surface area contributed by atoms with E-state index in [9.17, 15) is 9.59 Å². The third-order valence-corrected chi connectivity index (χ3v) is 4.18. The van der Waals surface area contributed by atoms with Gasteiger partial charge in [0.1, 0.15) is 12.6 Å². The van der Waals surface area contributed by atoms with Gasteiger partial charge in [0.15, 0.2) is 0 Å². The Morgan fingerprint density at radius 1 is 0.591 bits per heavy atom. The highest BCUT2D eigenvalue weighted by atomic mass is 16.1. The average Bonchev–Trinajstić information content (AvgIpc) is 2.58. The second kappa shape index (κ2) is 6.52. The predicted octanol–water partition coefficient (Wildman–Crippen LogP) is 4.26. The van der Waals surface area contributed by atoms with Gasteiger partial charge in [-0.05, 0) is 45.5 Å². The number of carbonyl (C=O) groups excluding carboxylic acids is 2. The van der Waals surface area contributed by atoms with Gasteiger partial charge in [-0.1, -0.05) is 48.5 Å². The topological polar surface area (TPSA) is 34.1 Å². The van der Waals surface area contributed by atoms with Crippen LogP contribution in [0.25, 0.3) is 21.5 Å². The molecule has 3 rings (SSSR count). The summed E-state index contributed by atoms with van der Waals surface area (Å²) in [5, 5.41) is 4.79. The SMILES string of the molecule is O=CCCc1c2ccccc2c(CCC=O)c2ccccc12. The number of rotatable bonds is 6. The van der Waals surface area contributed by atoms with Gasteiger partial charge >= 0.3 is 0 Å². The minimum Gasteiger partial charge on any atom is -0.303 e. The highest BCUT2D eigenvalue weighted by molar-refractivity contribution is 6.06. The van der Waals surface area contributed by atoms with Gasteiger partial charge in [0, 0.05) is 12.8 Å². The van der Waals surface area contributed by atoms with Crippen LogP contribution in [0, 0.1) is 0 Å². The van der Waals surface area contributed by atoms with Crippen molar-refractivity contribution >= 4 is 34.1 Å². The number of hydrogen-bond donors (Lipinski definition) is 0. The van der Waals surface area contributed by atoms with Crippen LogP contribution in [0.3, 0.4) is 0 Å². The van der Waals surface area contributed by atoms with E-state index in [0.29, 0.717) is 12.8 Å². The van der Waals surface area contributed by atoms with Crippen LogP contribution in [0.5, 0.6) is 0 Å². The van der Waals surface area contributed by atoms with Gasteiger partial charge in [-0.3, -0.25) is 0 Å². The van der Waals surface area contributed by atoms with Crippen molar-refractivity contribution < 1.29 is 9.59 Å². The number of aldehydes is 2. The molecule has 0 aliphatic carbocycles. The maximum atomic E-state index is 10.8. The summed E-state index contributed by atoms with van der Waals surface area (Å²) < 4.78 is 0. The second-order valence-corrected chi connectivity index (χ2v) is 5.46. The summed E-state index contributed by atoms with van der Waals surface area (Å²) in [7, 11) is 0. The molecule has 0 bridgehead atoms. The van der Waals surface area contributed by atoms with Crippen LogP contribution in [0.2, 0.25) is 0 Å². The van der Waals surface area contributed by atoms with Gasteiger partial charge in [0.05, 0.1) is 0 Å². The van der Waals surface area contributed by atoms with E-state index < -0.39 is 0 Å². The summed E-state index contributed by atoms with van der Waals surface area (Å²) in [6.07, 6.45) is 4.51. The molecule has 3 aromatic rings. The quantitative estimate of drug-likeness (QED) is 0.502. The van der Waals surface area contributed by atoms with Crippen molar-refractivity contribution in [1.29, 1.82) is 0 Å². The van der Waals surface area contributed by atoms with Crippen LogP contribution in [-0.4, -0.2) is 12.6 Å². The summed E-state index contributed by atoms with van der Waals surface area (Å²) in [5.74, 6) is 0. The number of benzene rings is 3. The first-order valence-corrected chi connectivity index (χ1v) is 7.65. The molecule has 0 unspecified atom stereocenters. The van der Waals surface area contributed by atoms with Crippen LogP contribution >= 0.6 is 0 Å². The van der Waals surface area contributed by atoms with E-state index in [1.54, 1.807) is 0 Å². The van der Waals surface area contributed by atoms with E-state index in [4.69, 9.17) is 0 Å². The maximum absolute atomic E-state index is 10.8. The zero-order chi connectivity index (χ0) is 15.4. The van der Waals surface area contributed by atoms with E-state index in [0.717, 1.165) is 25.4 Å². The molecular formula is C20H18O2. The minimum atomic E-state index is 0.529. The first-order valence-electron chi connectivity index (χ1n) is 7.65. The summed E-state index contributed by atoms with van der Waals surface area (Å²) >= 11 is 0. The Bertz CT molecular complexity index is 707. The molecule has 0 saturated heterocycles. The summed E-state index contributed by atoms with van der Waals surface area (Å²) in [6, 6.07) is 16.6. The van der Waals surface area contributed by atoms with Crippen LogP contribution in [-0.2, 0) is 22.4 Å². The molecule has 0 fully saturated rings. The zero-order valence-electron chi connectivity index (χ0n) is 12.4. The second-order valence-electron chi connectivity index (χ2n) is 5.46. The van der Waals surface area contributed by atoms with Gasteiger partial charge < -0.3 is 9.59 Å². The normalized spacial score (nSPS) is 10.9. The fourth-order valence-corrected chi connectivity index (χ4v) is 3.25. The Labute approximate surface area is 129 Å². The molecule has 0 atom stereocenters. The molecule has 0 N–H and O–H groups in total. The van der Waals surface area contributed by atoms with Gasteiger partial charge in [-0.2, -0.15) is 0 Å². The standard InChI is InChI=1S/C20H18O2/c21-13-5-11-19-15-7-1-2-8-16(15)20(12-6-14-22)18-10-4-3-9-17(18)19/h1-4,7-10,13-14H,5-6,11-12H2. The number of fused-ring (bicyclic) bond motifs is 2. The van der Waals surface area contributed by atoms with Gasteiger partial charge in [-0.15, -0.1) is 0 Å². The summed E-state index contributed by atoms with van der Waals surface area (Å²) in [5.41, 5.74) is 2.46. The molecule has 0 radical (unpaired) electrons. The average molecular weight is 290 g/mol. The van der Waals surface area contributed by atoms with Crippen LogP contribution in [0.15, 0.2) is 48.5 Å². The summed E-state index contributed by atoms with van der Waals surface area (Å²) in [6.45, 7) is 0. The third-order valence-electron chi connectivity index (χ3n) is 4.18. The molecule has 0 aliphatic rings. The Hall–Kier alpha value is -2.48. The number of aryl methyl sites for hydroxylation is 2.